The topological polar surface area (TPSA) is 9.23 Å². The molecule has 1 aliphatic rings. The van der Waals surface area contributed by atoms with Crippen molar-refractivity contribution in [1.29, 1.82) is 0 Å². The molecule has 0 spiro atoms. The minimum atomic E-state index is 0. The third-order valence-electron chi connectivity index (χ3n) is 1.50. The molecule has 0 aromatic carbocycles. The van der Waals surface area contributed by atoms with Crippen LogP contribution in [0, 0.1) is 0 Å². The third-order valence-corrected chi connectivity index (χ3v) is 2.60. The predicted octanol–water partition coefficient (Wildman–Crippen LogP) is -1.06. The zero-order valence-electron chi connectivity index (χ0n) is 7.31. The van der Waals surface area contributed by atoms with E-state index in [4.69, 9.17) is 4.74 Å². The van der Waals surface area contributed by atoms with Crippen LogP contribution in [0.15, 0.2) is 0 Å². The average molecular weight is 156 g/mol. The second kappa shape index (κ2) is 6.12. The molecule has 1 fully saturated rings. The number of rotatable bonds is 1. The Bertz CT molecular complexity index is 68.8. The van der Waals surface area contributed by atoms with Gasteiger partial charge in [-0.25, -0.2) is 0 Å². The van der Waals surface area contributed by atoms with Crippen LogP contribution in [0.5, 0.6) is 0 Å². The van der Waals surface area contributed by atoms with Gasteiger partial charge in [0.1, 0.15) is 0 Å². The Morgan fingerprint density at radius 1 is 1.56 bits per heavy atom. The molecule has 0 radical (unpaired) electrons. The van der Waals surface area contributed by atoms with Gasteiger partial charge in [0.2, 0.25) is 0 Å². The van der Waals surface area contributed by atoms with E-state index in [-0.39, 0.29) is 31.0 Å². The monoisotopic (exact) mass is 156 g/mol. The first-order valence-electron chi connectivity index (χ1n) is 3.22. The molecule has 1 rings (SSSR count). The first-order chi connectivity index (χ1) is 3.93. The Kier molecular flexibility index (Phi) is 7.07. The standard InChI is InChI=1S/C6H13OP.Na.H/c1-8-6-4-2-3-5-7-6;;/h6,8H,2-5H2,1H3;;/q;+1;-1. The summed E-state index contributed by atoms with van der Waals surface area (Å²) in [5.41, 5.74) is 0. The largest absolute Gasteiger partial charge is 1.00 e. The summed E-state index contributed by atoms with van der Waals surface area (Å²) in [5.74, 6) is 0.615. The molecule has 1 heterocycles. The van der Waals surface area contributed by atoms with E-state index in [1.165, 1.54) is 19.3 Å². The van der Waals surface area contributed by atoms with Crippen molar-refractivity contribution in [3.63, 3.8) is 0 Å². The van der Waals surface area contributed by atoms with E-state index in [1.54, 1.807) is 0 Å². The first-order valence-corrected chi connectivity index (χ1v) is 4.80. The zero-order valence-corrected chi connectivity index (χ0v) is 9.31. The van der Waals surface area contributed by atoms with Crippen LogP contribution in [0.1, 0.15) is 20.7 Å². The zero-order chi connectivity index (χ0) is 5.82. The molecule has 0 N–H and O–H groups in total. The Morgan fingerprint density at radius 3 is 2.67 bits per heavy atom. The summed E-state index contributed by atoms with van der Waals surface area (Å²) >= 11 is 0. The van der Waals surface area contributed by atoms with Gasteiger partial charge in [-0.2, -0.15) is 0 Å². The minimum Gasteiger partial charge on any atom is -1.00 e. The molecule has 0 aromatic rings. The summed E-state index contributed by atoms with van der Waals surface area (Å²) in [6.45, 7) is 3.22. The predicted molar refractivity (Wildman–Crippen MR) is 38.9 cm³/mol. The molecule has 1 aliphatic heterocycles. The maximum Gasteiger partial charge on any atom is 1.00 e. The van der Waals surface area contributed by atoms with E-state index < -0.39 is 0 Å². The van der Waals surface area contributed by atoms with Gasteiger partial charge in [-0.05, 0) is 25.9 Å². The third kappa shape index (κ3) is 3.95. The molecule has 1 nitrogen and oxygen atoms in total. The van der Waals surface area contributed by atoms with Crippen LogP contribution < -0.4 is 29.6 Å². The summed E-state index contributed by atoms with van der Waals surface area (Å²) in [7, 11) is 0.985. The smallest absolute Gasteiger partial charge is 1.00 e. The van der Waals surface area contributed by atoms with Gasteiger partial charge in [0.15, 0.2) is 0 Å². The van der Waals surface area contributed by atoms with Crippen molar-refractivity contribution in [3.05, 3.63) is 0 Å². The Labute approximate surface area is 82.5 Å². The van der Waals surface area contributed by atoms with Gasteiger partial charge in [-0.3, -0.25) is 0 Å². The van der Waals surface area contributed by atoms with Crippen molar-refractivity contribution in [2.75, 3.05) is 13.3 Å². The van der Waals surface area contributed by atoms with E-state index in [0.29, 0.717) is 5.85 Å². The quantitative estimate of drug-likeness (QED) is 0.347. The van der Waals surface area contributed by atoms with Crippen LogP contribution in [0.4, 0.5) is 0 Å². The van der Waals surface area contributed by atoms with E-state index in [0.717, 1.165) is 15.2 Å². The average Bonchev–Trinajstić information content (AvgIpc) is 1.90. The van der Waals surface area contributed by atoms with Gasteiger partial charge >= 0.3 is 29.6 Å². The molecule has 3 heteroatoms. The number of ether oxygens (including phenoxy) is 1. The van der Waals surface area contributed by atoms with Crippen LogP contribution in [-0.4, -0.2) is 19.1 Å². The summed E-state index contributed by atoms with van der Waals surface area (Å²) in [5, 5.41) is 0. The Hall–Kier alpha value is 1.39. The van der Waals surface area contributed by atoms with Crippen LogP contribution in [0.25, 0.3) is 0 Å². The molecular weight excluding hydrogens is 142 g/mol. The van der Waals surface area contributed by atoms with Crippen molar-refractivity contribution in [1.82, 2.24) is 0 Å². The molecule has 2 unspecified atom stereocenters. The molecular formula is C6H14NaOP. The van der Waals surface area contributed by atoms with E-state index in [1.807, 2.05) is 0 Å². The number of hydrogen-bond acceptors (Lipinski definition) is 1. The van der Waals surface area contributed by atoms with E-state index >= 15 is 0 Å². The normalized spacial score (nSPS) is 28.3. The van der Waals surface area contributed by atoms with Crippen LogP contribution in [-0.2, 0) is 4.74 Å². The summed E-state index contributed by atoms with van der Waals surface area (Å²) in [4.78, 5) is 0. The molecule has 0 aliphatic carbocycles. The summed E-state index contributed by atoms with van der Waals surface area (Å²) < 4.78 is 5.44. The first kappa shape index (κ1) is 10.4. The summed E-state index contributed by atoms with van der Waals surface area (Å²) in [6.07, 6.45) is 3.96. The molecule has 0 aromatic heterocycles. The van der Waals surface area contributed by atoms with Crippen molar-refractivity contribution in [2.24, 2.45) is 0 Å². The summed E-state index contributed by atoms with van der Waals surface area (Å²) in [6, 6.07) is 0. The van der Waals surface area contributed by atoms with Crippen molar-refractivity contribution < 1.29 is 35.7 Å². The second-order valence-electron chi connectivity index (χ2n) is 2.14. The molecule has 9 heavy (non-hydrogen) atoms. The second-order valence-corrected chi connectivity index (χ2v) is 3.37. The van der Waals surface area contributed by atoms with Crippen LogP contribution in [0.3, 0.4) is 0 Å². The van der Waals surface area contributed by atoms with Gasteiger partial charge in [-0.1, -0.05) is 8.58 Å². The molecule has 1 saturated heterocycles. The molecule has 2 atom stereocenters. The Balaban J connectivity index is 0. The fraction of sp³-hybridized carbons (Fsp3) is 1.00. The maximum absolute atomic E-state index is 5.44. The Morgan fingerprint density at radius 2 is 2.33 bits per heavy atom. The molecule has 50 valence electrons. The van der Waals surface area contributed by atoms with Gasteiger partial charge in [0, 0.05) is 6.61 Å². The minimum absolute atomic E-state index is 0. The van der Waals surface area contributed by atoms with Gasteiger partial charge < -0.3 is 6.16 Å². The van der Waals surface area contributed by atoms with Gasteiger partial charge in [0.25, 0.3) is 0 Å². The van der Waals surface area contributed by atoms with Gasteiger partial charge in [0.05, 0.1) is 5.85 Å². The van der Waals surface area contributed by atoms with Crippen molar-refractivity contribution >= 4 is 8.58 Å². The molecule has 0 saturated carbocycles. The van der Waals surface area contributed by atoms with E-state index in [9.17, 15) is 0 Å². The van der Waals surface area contributed by atoms with Crippen LogP contribution >= 0.6 is 8.58 Å². The van der Waals surface area contributed by atoms with Crippen molar-refractivity contribution in [3.8, 4) is 0 Å². The van der Waals surface area contributed by atoms with E-state index in [2.05, 4.69) is 6.66 Å². The molecule has 0 bridgehead atoms. The number of hydrogen-bond donors (Lipinski definition) is 0. The van der Waals surface area contributed by atoms with Crippen molar-refractivity contribution in [2.45, 2.75) is 25.1 Å². The molecule has 0 amide bonds. The van der Waals surface area contributed by atoms with Crippen LogP contribution in [0.2, 0.25) is 0 Å². The SMILES string of the molecule is CPC1CCCCO1.[H-].[Na+]. The van der Waals surface area contributed by atoms with Gasteiger partial charge in [-0.15, -0.1) is 0 Å². The maximum atomic E-state index is 5.44. The fourth-order valence-electron chi connectivity index (χ4n) is 0.968. The fourth-order valence-corrected chi connectivity index (χ4v) is 1.75.